The summed E-state index contributed by atoms with van der Waals surface area (Å²) in [5, 5.41) is 19.2. The molecular formula is C17H13BrN4O2. The Morgan fingerprint density at radius 1 is 1.46 bits per heavy atom. The second-order valence-corrected chi connectivity index (χ2v) is 5.86. The number of nitrogens with one attached hydrogen (secondary N) is 1. The van der Waals surface area contributed by atoms with E-state index in [0.29, 0.717) is 29.4 Å². The molecule has 2 N–H and O–H groups in total. The van der Waals surface area contributed by atoms with E-state index < -0.39 is 0 Å². The summed E-state index contributed by atoms with van der Waals surface area (Å²) in [6.45, 7) is 2.28. The highest BCUT2D eigenvalue weighted by Crippen LogP contribution is 2.28. The zero-order valence-corrected chi connectivity index (χ0v) is 14.3. The molecule has 1 aromatic carbocycles. The minimum atomic E-state index is 0.0605. The number of hydrogen-bond acceptors (Lipinski definition) is 5. The van der Waals surface area contributed by atoms with Crippen LogP contribution >= 0.6 is 15.9 Å². The molecule has 120 valence electrons. The number of hydrogen-bond donors (Lipinski definition) is 2. The van der Waals surface area contributed by atoms with Gasteiger partial charge < -0.3 is 14.8 Å². The molecule has 7 heteroatoms. The highest BCUT2D eigenvalue weighted by molar-refractivity contribution is 9.10. The van der Waals surface area contributed by atoms with E-state index in [4.69, 9.17) is 4.74 Å². The smallest absolute Gasteiger partial charge is 0.178 e. The van der Waals surface area contributed by atoms with Gasteiger partial charge in [0.2, 0.25) is 0 Å². The zero-order chi connectivity index (χ0) is 17.1. The molecule has 0 radical (unpaired) electrons. The van der Waals surface area contributed by atoms with Gasteiger partial charge in [-0.1, -0.05) is 6.07 Å². The molecule has 24 heavy (non-hydrogen) atoms. The zero-order valence-electron chi connectivity index (χ0n) is 12.7. The Labute approximate surface area is 146 Å². The first kappa shape index (κ1) is 16.0. The number of benzene rings is 1. The third-order valence-corrected chi connectivity index (χ3v) is 3.71. The third-order valence-electron chi connectivity index (χ3n) is 3.27. The van der Waals surface area contributed by atoms with Crippen molar-refractivity contribution in [1.29, 1.82) is 5.26 Å². The number of imidazole rings is 1. The first-order chi connectivity index (χ1) is 11.6. The predicted molar refractivity (Wildman–Crippen MR) is 94.3 cm³/mol. The monoisotopic (exact) mass is 384 g/mol. The highest BCUT2D eigenvalue weighted by Gasteiger charge is 2.10. The number of ether oxygens (including phenoxy) is 1. The summed E-state index contributed by atoms with van der Waals surface area (Å²) >= 11 is 3.35. The number of pyridine rings is 1. The van der Waals surface area contributed by atoms with Crippen LogP contribution in [0, 0.1) is 11.3 Å². The van der Waals surface area contributed by atoms with Crippen molar-refractivity contribution in [1.82, 2.24) is 15.0 Å². The molecule has 0 aliphatic rings. The van der Waals surface area contributed by atoms with E-state index in [1.54, 1.807) is 24.4 Å². The lowest BCUT2D eigenvalue weighted by atomic mass is 10.1. The molecule has 0 spiro atoms. The number of aromatic hydroxyl groups is 1. The van der Waals surface area contributed by atoms with Crippen LogP contribution in [0.2, 0.25) is 0 Å². The van der Waals surface area contributed by atoms with Crippen molar-refractivity contribution in [3.05, 3.63) is 46.3 Å². The number of allylic oxidation sites excluding steroid dienone is 1. The van der Waals surface area contributed by atoms with E-state index in [-0.39, 0.29) is 5.75 Å². The molecule has 0 amide bonds. The van der Waals surface area contributed by atoms with E-state index in [9.17, 15) is 10.4 Å². The highest BCUT2D eigenvalue weighted by atomic mass is 79.9. The Bertz CT molecular complexity index is 972. The molecule has 0 aliphatic carbocycles. The van der Waals surface area contributed by atoms with Crippen molar-refractivity contribution in [2.75, 3.05) is 6.61 Å². The van der Waals surface area contributed by atoms with Gasteiger partial charge in [0, 0.05) is 10.7 Å². The van der Waals surface area contributed by atoms with E-state index >= 15 is 0 Å². The molecule has 0 fully saturated rings. The lowest BCUT2D eigenvalue weighted by Crippen LogP contribution is -1.92. The standard InChI is InChI=1S/C17H13BrN4O2/c1-2-24-15-6-10(3-4-14(15)23)5-11(8-19)16-21-13-7-12(18)9-20-17(13)22-16/h3-7,9,23H,2H2,1H3,(H,20,21,22). The lowest BCUT2D eigenvalue weighted by Gasteiger charge is -2.06. The predicted octanol–water partition coefficient (Wildman–Crippen LogP) is 3.89. The number of aromatic nitrogens is 3. The average molecular weight is 385 g/mol. The first-order valence-electron chi connectivity index (χ1n) is 7.20. The topological polar surface area (TPSA) is 94.8 Å². The fourth-order valence-corrected chi connectivity index (χ4v) is 2.55. The van der Waals surface area contributed by atoms with E-state index in [2.05, 4.69) is 37.0 Å². The van der Waals surface area contributed by atoms with Gasteiger partial charge in [-0.25, -0.2) is 9.97 Å². The lowest BCUT2D eigenvalue weighted by molar-refractivity contribution is 0.318. The third kappa shape index (κ3) is 3.24. The number of fused-ring (bicyclic) bond motifs is 1. The summed E-state index contributed by atoms with van der Waals surface area (Å²) in [6, 6.07) is 8.89. The summed E-state index contributed by atoms with van der Waals surface area (Å²) in [5.74, 6) is 0.869. The van der Waals surface area contributed by atoms with Crippen molar-refractivity contribution in [3.63, 3.8) is 0 Å². The van der Waals surface area contributed by atoms with Gasteiger partial charge in [0.15, 0.2) is 23.0 Å². The van der Waals surface area contributed by atoms with Crippen LogP contribution in [0.3, 0.4) is 0 Å². The van der Waals surface area contributed by atoms with Crippen LogP contribution in [0.1, 0.15) is 18.3 Å². The minimum Gasteiger partial charge on any atom is -0.504 e. The molecule has 3 rings (SSSR count). The molecule has 0 atom stereocenters. The number of phenolic OH excluding ortho intramolecular Hbond substituents is 1. The van der Waals surface area contributed by atoms with Gasteiger partial charge in [0.1, 0.15) is 6.07 Å². The number of nitrogens with zero attached hydrogens (tertiary/aromatic N) is 3. The largest absolute Gasteiger partial charge is 0.504 e. The maximum absolute atomic E-state index is 9.75. The van der Waals surface area contributed by atoms with Crippen molar-refractivity contribution in [2.24, 2.45) is 0 Å². The summed E-state index contributed by atoms with van der Waals surface area (Å²) in [5.41, 5.74) is 2.36. The normalized spacial score (nSPS) is 11.5. The molecule has 0 aliphatic heterocycles. The molecule has 2 aromatic heterocycles. The van der Waals surface area contributed by atoms with Gasteiger partial charge in [-0.05, 0) is 52.7 Å². The van der Waals surface area contributed by atoms with Gasteiger partial charge in [0.05, 0.1) is 17.7 Å². The molecular weight excluding hydrogens is 372 g/mol. The Kier molecular flexibility index (Phi) is 4.49. The number of aromatic amines is 1. The Hall–Kier alpha value is -2.85. The summed E-state index contributed by atoms with van der Waals surface area (Å²) in [4.78, 5) is 11.6. The SMILES string of the molecule is CCOc1cc(C=C(C#N)c2nc3ncc(Br)cc3[nH]2)ccc1O. The number of halogens is 1. The van der Waals surface area contributed by atoms with Crippen molar-refractivity contribution >= 4 is 38.7 Å². The van der Waals surface area contributed by atoms with Crippen LogP contribution in [0.15, 0.2) is 34.9 Å². The second-order valence-electron chi connectivity index (χ2n) is 4.94. The summed E-state index contributed by atoms with van der Waals surface area (Å²) in [7, 11) is 0. The maximum Gasteiger partial charge on any atom is 0.178 e. The number of nitriles is 1. The fraction of sp³-hybridized carbons (Fsp3) is 0.118. The van der Waals surface area contributed by atoms with Crippen LogP contribution in [-0.2, 0) is 0 Å². The van der Waals surface area contributed by atoms with Gasteiger partial charge in [-0.15, -0.1) is 0 Å². The molecule has 2 heterocycles. The van der Waals surface area contributed by atoms with Gasteiger partial charge in [0.25, 0.3) is 0 Å². The van der Waals surface area contributed by atoms with Gasteiger partial charge in [-0.3, -0.25) is 0 Å². The Balaban J connectivity index is 2.02. The number of rotatable bonds is 4. The summed E-state index contributed by atoms with van der Waals surface area (Å²) < 4.78 is 6.19. The molecule has 0 unspecified atom stereocenters. The summed E-state index contributed by atoms with van der Waals surface area (Å²) in [6.07, 6.45) is 3.33. The first-order valence-corrected chi connectivity index (χ1v) is 7.99. The van der Waals surface area contributed by atoms with E-state index in [1.165, 1.54) is 6.07 Å². The average Bonchev–Trinajstić information content (AvgIpc) is 2.98. The van der Waals surface area contributed by atoms with Crippen molar-refractivity contribution in [3.8, 4) is 17.6 Å². The van der Waals surface area contributed by atoms with E-state index in [0.717, 1.165) is 15.6 Å². The number of H-pyrrole nitrogens is 1. The maximum atomic E-state index is 9.75. The Morgan fingerprint density at radius 3 is 3.04 bits per heavy atom. The molecule has 0 saturated heterocycles. The van der Waals surface area contributed by atoms with Crippen molar-refractivity contribution < 1.29 is 9.84 Å². The quantitative estimate of drug-likeness (QED) is 0.665. The Morgan fingerprint density at radius 2 is 2.29 bits per heavy atom. The number of phenols is 1. The van der Waals surface area contributed by atoms with Crippen LogP contribution < -0.4 is 4.74 Å². The van der Waals surface area contributed by atoms with E-state index in [1.807, 2.05) is 13.0 Å². The minimum absolute atomic E-state index is 0.0605. The van der Waals surface area contributed by atoms with Gasteiger partial charge in [-0.2, -0.15) is 5.26 Å². The molecule has 6 nitrogen and oxygen atoms in total. The fourth-order valence-electron chi connectivity index (χ4n) is 2.21. The van der Waals surface area contributed by atoms with Crippen LogP contribution in [0.5, 0.6) is 11.5 Å². The van der Waals surface area contributed by atoms with Crippen LogP contribution in [0.25, 0.3) is 22.8 Å². The molecule has 0 saturated carbocycles. The molecule has 3 aromatic rings. The van der Waals surface area contributed by atoms with Crippen molar-refractivity contribution in [2.45, 2.75) is 6.92 Å². The van der Waals surface area contributed by atoms with Crippen LogP contribution in [0.4, 0.5) is 0 Å². The molecule has 0 bridgehead atoms. The second kappa shape index (κ2) is 6.72. The van der Waals surface area contributed by atoms with Gasteiger partial charge >= 0.3 is 0 Å². The van der Waals surface area contributed by atoms with Crippen LogP contribution in [-0.4, -0.2) is 26.7 Å².